The normalized spacial score (nSPS) is 20.3. The summed E-state index contributed by atoms with van der Waals surface area (Å²) in [6.07, 6.45) is 4.45. The van der Waals surface area contributed by atoms with Gasteiger partial charge in [-0.25, -0.2) is 0 Å². The molecule has 0 bridgehead atoms. The molecule has 4 nitrogen and oxygen atoms in total. The zero-order valence-corrected chi connectivity index (χ0v) is 13.4. The molecule has 1 aromatic heterocycles. The van der Waals surface area contributed by atoms with Gasteiger partial charge in [0.2, 0.25) is 0 Å². The number of carbonyl (C=O) groups excluding carboxylic acids is 1. The molecule has 2 aromatic rings. The lowest BCUT2D eigenvalue weighted by Crippen LogP contribution is -2.50. The molecule has 1 atom stereocenters. The second-order valence-electron chi connectivity index (χ2n) is 7.19. The van der Waals surface area contributed by atoms with Crippen LogP contribution in [-0.2, 0) is 0 Å². The molecule has 4 rings (SSSR count). The van der Waals surface area contributed by atoms with Crippen molar-refractivity contribution in [3.8, 4) is 0 Å². The molecule has 2 aliphatic carbocycles. The Morgan fingerprint density at radius 3 is 2.70 bits per heavy atom. The summed E-state index contributed by atoms with van der Waals surface area (Å²) >= 11 is 0. The lowest BCUT2D eigenvalue weighted by Gasteiger charge is -2.29. The van der Waals surface area contributed by atoms with Crippen LogP contribution in [0.3, 0.4) is 0 Å². The highest BCUT2D eigenvalue weighted by Gasteiger charge is 2.42. The fraction of sp³-hybridized carbons (Fsp3) is 0.474. The molecular formula is C19H22N2O2. The predicted molar refractivity (Wildman–Crippen MR) is 89.4 cm³/mol. The lowest BCUT2D eigenvalue weighted by molar-refractivity contribution is 0.0826. The molecule has 2 N–H and O–H groups in total. The van der Waals surface area contributed by atoms with Crippen LogP contribution in [0.1, 0.15) is 54.6 Å². The Morgan fingerprint density at radius 1 is 1.30 bits per heavy atom. The molecule has 0 saturated heterocycles. The van der Waals surface area contributed by atoms with Crippen molar-refractivity contribution in [3.63, 3.8) is 0 Å². The molecule has 0 aliphatic heterocycles. The SMILES string of the molecule is CC(CO)(NC(=O)c1cc(C2CC2)nc2ccccc12)C1CC1. The number of aliphatic hydroxyl groups excluding tert-OH is 1. The first-order valence-corrected chi connectivity index (χ1v) is 8.44. The summed E-state index contributed by atoms with van der Waals surface area (Å²) < 4.78 is 0. The van der Waals surface area contributed by atoms with E-state index < -0.39 is 5.54 Å². The monoisotopic (exact) mass is 310 g/mol. The van der Waals surface area contributed by atoms with Crippen molar-refractivity contribution >= 4 is 16.8 Å². The highest BCUT2D eigenvalue weighted by molar-refractivity contribution is 6.06. The van der Waals surface area contributed by atoms with Crippen LogP contribution < -0.4 is 5.32 Å². The van der Waals surface area contributed by atoms with Crippen molar-refractivity contribution in [3.05, 3.63) is 41.6 Å². The third-order valence-electron chi connectivity index (χ3n) is 5.18. The number of aliphatic hydroxyl groups is 1. The first kappa shape index (κ1) is 14.6. The summed E-state index contributed by atoms with van der Waals surface area (Å²) in [4.78, 5) is 17.6. The summed E-state index contributed by atoms with van der Waals surface area (Å²) in [6.45, 7) is 1.91. The molecule has 1 amide bonds. The van der Waals surface area contributed by atoms with Crippen LogP contribution in [0.15, 0.2) is 30.3 Å². The van der Waals surface area contributed by atoms with E-state index in [0.717, 1.165) is 42.3 Å². The average molecular weight is 310 g/mol. The molecule has 0 radical (unpaired) electrons. The van der Waals surface area contributed by atoms with Crippen LogP contribution in [-0.4, -0.2) is 28.1 Å². The second kappa shape index (κ2) is 5.31. The topological polar surface area (TPSA) is 62.2 Å². The largest absolute Gasteiger partial charge is 0.394 e. The third kappa shape index (κ3) is 2.72. The summed E-state index contributed by atoms with van der Waals surface area (Å²) in [5.41, 5.74) is 2.05. The molecule has 1 aromatic carbocycles. The number of hydrogen-bond acceptors (Lipinski definition) is 3. The Bertz CT molecular complexity index is 765. The quantitative estimate of drug-likeness (QED) is 0.892. The van der Waals surface area contributed by atoms with Crippen molar-refractivity contribution in [2.45, 2.75) is 44.1 Å². The highest BCUT2D eigenvalue weighted by Crippen LogP contribution is 2.41. The first-order valence-electron chi connectivity index (χ1n) is 8.44. The number of pyridine rings is 1. The fourth-order valence-electron chi connectivity index (χ4n) is 3.29. The number of nitrogens with one attached hydrogen (secondary N) is 1. The molecule has 23 heavy (non-hydrogen) atoms. The average Bonchev–Trinajstić information content (AvgIpc) is 3.44. The maximum atomic E-state index is 12.9. The Labute approximate surface area is 135 Å². The number of amides is 1. The van der Waals surface area contributed by atoms with E-state index >= 15 is 0 Å². The fourth-order valence-corrected chi connectivity index (χ4v) is 3.29. The maximum absolute atomic E-state index is 12.9. The minimum Gasteiger partial charge on any atom is -0.394 e. The van der Waals surface area contributed by atoms with Gasteiger partial charge in [0, 0.05) is 17.0 Å². The number of carbonyl (C=O) groups is 1. The van der Waals surface area contributed by atoms with E-state index in [1.807, 2.05) is 37.3 Å². The van der Waals surface area contributed by atoms with Gasteiger partial charge in [0.25, 0.3) is 5.91 Å². The number of hydrogen-bond donors (Lipinski definition) is 2. The minimum absolute atomic E-state index is 0.0259. The van der Waals surface area contributed by atoms with Crippen molar-refractivity contribution in [2.75, 3.05) is 6.61 Å². The van der Waals surface area contributed by atoms with Gasteiger partial charge < -0.3 is 10.4 Å². The number of benzene rings is 1. The molecule has 4 heteroatoms. The van der Waals surface area contributed by atoms with Crippen LogP contribution in [0.25, 0.3) is 10.9 Å². The van der Waals surface area contributed by atoms with Crippen molar-refractivity contribution < 1.29 is 9.90 Å². The molecule has 2 fully saturated rings. The number of para-hydroxylation sites is 1. The van der Waals surface area contributed by atoms with E-state index in [0.29, 0.717) is 17.4 Å². The summed E-state index contributed by atoms with van der Waals surface area (Å²) in [5, 5.41) is 13.7. The van der Waals surface area contributed by atoms with Gasteiger partial charge in [-0.3, -0.25) is 9.78 Å². The van der Waals surface area contributed by atoms with Crippen LogP contribution in [0, 0.1) is 5.92 Å². The van der Waals surface area contributed by atoms with Gasteiger partial charge in [-0.1, -0.05) is 18.2 Å². The number of rotatable bonds is 5. The van der Waals surface area contributed by atoms with Crippen LogP contribution in [0.5, 0.6) is 0 Å². The van der Waals surface area contributed by atoms with E-state index in [-0.39, 0.29) is 12.5 Å². The van der Waals surface area contributed by atoms with Crippen molar-refractivity contribution in [1.29, 1.82) is 0 Å². The standard InChI is InChI=1S/C19H22N2O2/c1-19(11-22,13-8-9-13)21-18(23)15-10-17(12-6-7-12)20-16-5-3-2-4-14(15)16/h2-5,10,12-13,22H,6-9,11H2,1H3,(H,21,23). The van der Waals surface area contributed by atoms with Crippen molar-refractivity contribution in [1.82, 2.24) is 10.3 Å². The Hall–Kier alpha value is -1.94. The third-order valence-corrected chi connectivity index (χ3v) is 5.18. The predicted octanol–water partition coefficient (Wildman–Crippen LogP) is 3.00. The molecule has 2 saturated carbocycles. The van der Waals surface area contributed by atoms with Crippen LogP contribution >= 0.6 is 0 Å². The zero-order valence-electron chi connectivity index (χ0n) is 13.4. The number of nitrogens with zero attached hydrogens (tertiary/aromatic N) is 1. The molecule has 2 aliphatic rings. The highest BCUT2D eigenvalue weighted by atomic mass is 16.3. The van der Waals surface area contributed by atoms with Crippen molar-refractivity contribution in [2.24, 2.45) is 5.92 Å². The van der Waals surface area contributed by atoms with E-state index in [2.05, 4.69) is 5.32 Å². The molecule has 120 valence electrons. The van der Waals surface area contributed by atoms with Gasteiger partial charge in [0.15, 0.2) is 0 Å². The van der Waals surface area contributed by atoms with Gasteiger partial charge >= 0.3 is 0 Å². The van der Waals surface area contributed by atoms with Gasteiger partial charge in [-0.15, -0.1) is 0 Å². The lowest BCUT2D eigenvalue weighted by atomic mass is 9.95. The summed E-state index contributed by atoms with van der Waals surface area (Å²) in [6, 6.07) is 9.74. The molecule has 1 heterocycles. The molecule has 0 spiro atoms. The van der Waals surface area contributed by atoms with E-state index in [9.17, 15) is 9.90 Å². The van der Waals surface area contributed by atoms with Gasteiger partial charge in [0.05, 0.1) is 23.2 Å². The summed E-state index contributed by atoms with van der Waals surface area (Å²) in [5.74, 6) is 0.778. The first-order chi connectivity index (χ1) is 11.1. The van der Waals surface area contributed by atoms with E-state index in [1.165, 1.54) is 0 Å². The maximum Gasteiger partial charge on any atom is 0.252 e. The minimum atomic E-state index is -0.527. The van der Waals surface area contributed by atoms with E-state index in [1.54, 1.807) is 0 Å². The van der Waals surface area contributed by atoms with Crippen LogP contribution in [0.4, 0.5) is 0 Å². The summed E-state index contributed by atoms with van der Waals surface area (Å²) in [7, 11) is 0. The zero-order chi connectivity index (χ0) is 16.0. The second-order valence-corrected chi connectivity index (χ2v) is 7.19. The van der Waals surface area contributed by atoms with Crippen LogP contribution in [0.2, 0.25) is 0 Å². The van der Waals surface area contributed by atoms with Gasteiger partial charge in [0.1, 0.15) is 0 Å². The number of aromatic nitrogens is 1. The smallest absolute Gasteiger partial charge is 0.252 e. The van der Waals surface area contributed by atoms with E-state index in [4.69, 9.17) is 4.98 Å². The molecule has 1 unspecified atom stereocenters. The Kier molecular flexibility index (Phi) is 3.38. The Balaban J connectivity index is 1.73. The Morgan fingerprint density at radius 2 is 2.04 bits per heavy atom. The van der Waals surface area contributed by atoms with Gasteiger partial charge in [-0.2, -0.15) is 0 Å². The molecular weight excluding hydrogens is 288 g/mol. The van der Waals surface area contributed by atoms with Gasteiger partial charge in [-0.05, 0) is 50.7 Å². The number of fused-ring (bicyclic) bond motifs is 1.